The predicted molar refractivity (Wildman–Crippen MR) is 94.7 cm³/mol. The summed E-state index contributed by atoms with van der Waals surface area (Å²) < 4.78 is 15.6. The molecule has 0 spiro atoms. The molecule has 1 heterocycles. The van der Waals surface area contributed by atoms with Crippen LogP contribution in [0.1, 0.15) is 21.5 Å². The van der Waals surface area contributed by atoms with Crippen LogP contribution in [0.2, 0.25) is 0 Å². The Bertz CT molecular complexity index is 961. The van der Waals surface area contributed by atoms with Crippen molar-refractivity contribution >= 4 is 23.5 Å². The largest absolute Gasteiger partial charge is 0.452 e. The van der Waals surface area contributed by atoms with Crippen LogP contribution in [0, 0.1) is 17.0 Å². The smallest absolute Gasteiger partial charge is 0.337 e. The van der Waals surface area contributed by atoms with Crippen LogP contribution in [0.5, 0.6) is 11.5 Å². The first-order valence-corrected chi connectivity index (χ1v) is 7.92. The van der Waals surface area contributed by atoms with Crippen LogP contribution in [0.15, 0.2) is 42.2 Å². The molecule has 0 amide bonds. The molecule has 138 valence electrons. The topological polar surface area (TPSA) is 105 Å². The van der Waals surface area contributed by atoms with Crippen molar-refractivity contribution in [3.05, 3.63) is 69.0 Å². The van der Waals surface area contributed by atoms with Gasteiger partial charge < -0.3 is 14.2 Å². The molecule has 0 atom stereocenters. The van der Waals surface area contributed by atoms with E-state index in [-0.39, 0.29) is 29.6 Å². The van der Waals surface area contributed by atoms with Crippen molar-refractivity contribution in [2.75, 3.05) is 13.7 Å². The average molecular weight is 369 g/mol. The first-order chi connectivity index (χ1) is 12.9. The number of ether oxygens (including phenoxy) is 3. The molecular weight excluding hydrogens is 354 g/mol. The van der Waals surface area contributed by atoms with Crippen LogP contribution < -0.4 is 9.47 Å². The zero-order chi connectivity index (χ0) is 19.6. The lowest BCUT2D eigenvalue weighted by molar-refractivity contribution is -0.384. The number of rotatable bonds is 5. The molecule has 0 radical (unpaired) electrons. The van der Waals surface area contributed by atoms with E-state index in [0.717, 1.165) is 0 Å². The normalized spacial score (nSPS) is 14.0. The van der Waals surface area contributed by atoms with Gasteiger partial charge in [0.15, 0.2) is 5.76 Å². The molecule has 3 rings (SSSR count). The maximum Gasteiger partial charge on any atom is 0.337 e. The molecular formula is C19H15NO7. The van der Waals surface area contributed by atoms with Crippen LogP contribution in [0.25, 0.3) is 6.08 Å². The summed E-state index contributed by atoms with van der Waals surface area (Å²) >= 11 is 0. The van der Waals surface area contributed by atoms with Gasteiger partial charge in [-0.05, 0) is 42.8 Å². The summed E-state index contributed by atoms with van der Waals surface area (Å²) in [5.74, 6) is -0.203. The minimum absolute atomic E-state index is 0.0440. The Hall–Kier alpha value is -3.52. The molecule has 0 N–H and O–H groups in total. The van der Waals surface area contributed by atoms with Crippen molar-refractivity contribution in [2.45, 2.75) is 6.92 Å². The maximum absolute atomic E-state index is 12.5. The zero-order valence-electron chi connectivity index (χ0n) is 14.6. The monoisotopic (exact) mass is 369 g/mol. The van der Waals surface area contributed by atoms with Gasteiger partial charge in [0.2, 0.25) is 5.78 Å². The van der Waals surface area contributed by atoms with Gasteiger partial charge in [-0.15, -0.1) is 0 Å². The lowest BCUT2D eigenvalue weighted by Crippen LogP contribution is -2.14. The minimum atomic E-state index is -0.563. The molecule has 2 aromatic carbocycles. The number of nitro groups is 1. The number of allylic oxidation sites excluding steroid dienone is 1. The van der Waals surface area contributed by atoms with Crippen LogP contribution in [0.3, 0.4) is 0 Å². The van der Waals surface area contributed by atoms with Gasteiger partial charge in [-0.3, -0.25) is 14.9 Å². The molecule has 0 saturated carbocycles. The van der Waals surface area contributed by atoms with Gasteiger partial charge in [0.1, 0.15) is 18.1 Å². The van der Waals surface area contributed by atoms with Crippen LogP contribution in [-0.2, 0) is 9.53 Å². The predicted octanol–water partition coefficient (Wildman–Crippen LogP) is 3.07. The summed E-state index contributed by atoms with van der Waals surface area (Å²) in [6, 6.07) is 8.79. The van der Waals surface area contributed by atoms with Gasteiger partial charge in [0.05, 0.1) is 10.5 Å². The number of ketones is 1. The molecule has 0 unspecified atom stereocenters. The van der Waals surface area contributed by atoms with Crippen molar-refractivity contribution in [1.82, 2.24) is 0 Å². The van der Waals surface area contributed by atoms with E-state index in [4.69, 9.17) is 14.2 Å². The second kappa shape index (κ2) is 7.38. The highest BCUT2D eigenvalue weighted by molar-refractivity contribution is 6.15. The first-order valence-electron chi connectivity index (χ1n) is 7.92. The van der Waals surface area contributed by atoms with E-state index in [0.29, 0.717) is 22.4 Å². The fourth-order valence-electron chi connectivity index (χ4n) is 2.59. The molecule has 0 aliphatic carbocycles. The summed E-state index contributed by atoms with van der Waals surface area (Å²) in [5.41, 5.74) is 1.41. The van der Waals surface area contributed by atoms with Gasteiger partial charge >= 0.3 is 5.97 Å². The lowest BCUT2D eigenvalue weighted by atomic mass is 10.1. The third kappa shape index (κ3) is 3.70. The van der Waals surface area contributed by atoms with E-state index in [1.807, 2.05) is 0 Å². The van der Waals surface area contributed by atoms with Gasteiger partial charge in [-0.25, -0.2) is 4.79 Å². The number of benzene rings is 2. The van der Waals surface area contributed by atoms with E-state index >= 15 is 0 Å². The van der Waals surface area contributed by atoms with Gasteiger partial charge in [-0.2, -0.15) is 0 Å². The number of fused-ring (bicyclic) bond motifs is 1. The zero-order valence-corrected chi connectivity index (χ0v) is 14.6. The van der Waals surface area contributed by atoms with Crippen molar-refractivity contribution < 1.29 is 28.7 Å². The van der Waals surface area contributed by atoms with E-state index in [1.165, 1.54) is 49.6 Å². The number of nitro benzene ring substituents is 1. The molecule has 0 aromatic heterocycles. The molecule has 27 heavy (non-hydrogen) atoms. The van der Waals surface area contributed by atoms with Crippen molar-refractivity contribution in [2.24, 2.45) is 0 Å². The van der Waals surface area contributed by atoms with Gasteiger partial charge in [0.25, 0.3) is 5.69 Å². The Morgan fingerprint density at radius 2 is 1.93 bits per heavy atom. The lowest BCUT2D eigenvalue weighted by Gasteiger charge is -2.09. The summed E-state index contributed by atoms with van der Waals surface area (Å²) in [4.78, 5) is 34.3. The molecule has 0 saturated heterocycles. The minimum Gasteiger partial charge on any atom is -0.452 e. The number of esters is 1. The standard InChI is InChI=1S/C19H15NO7/c1-11-15(26-17(21)10-25-2)8-7-14-18(22)16(27-19(11)14)9-12-3-5-13(6-4-12)20(23)24/h3-9H,10H2,1-2H3/b16-9-. The molecule has 0 fully saturated rings. The molecule has 0 bridgehead atoms. The molecule has 8 heteroatoms. The quantitative estimate of drug-likeness (QED) is 0.262. The highest BCUT2D eigenvalue weighted by Gasteiger charge is 2.30. The maximum atomic E-state index is 12.5. The number of carbonyl (C=O) groups is 2. The number of non-ortho nitro benzene ring substituents is 1. The van der Waals surface area contributed by atoms with Crippen LogP contribution in [0.4, 0.5) is 5.69 Å². The fraction of sp³-hybridized carbons (Fsp3) is 0.158. The fourth-order valence-corrected chi connectivity index (χ4v) is 2.59. The van der Waals surface area contributed by atoms with E-state index in [9.17, 15) is 19.7 Å². The van der Waals surface area contributed by atoms with E-state index in [1.54, 1.807) is 6.92 Å². The van der Waals surface area contributed by atoms with E-state index in [2.05, 4.69) is 0 Å². The Morgan fingerprint density at radius 1 is 1.22 bits per heavy atom. The first kappa shape index (κ1) is 18.3. The van der Waals surface area contributed by atoms with Gasteiger partial charge in [-0.1, -0.05) is 0 Å². The Morgan fingerprint density at radius 3 is 2.56 bits per heavy atom. The number of hydrogen-bond acceptors (Lipinski definition) is 7. The molecule has 8 nitrogen and oxygen atoms in total. The Kier molecular flexibility index (Phi) is 5.00. The van der Waals surface area contributed by atoms with Crippen molar-refractivity contribution in [1.29, 1.82) is 0 Å². The van der Waals surface area contributed by atoms with Crippen LogP contribution in [-0.4, -0.2) is 30.4 Å². The average Bonchev–Trinajstić information content (AvgIpc) is 2.95. The SMILES string of the molecule is COCC(=O)Oc1ccc2c(c1C)O/C(=C\c1ccc([N+](=O)[O-])cc1)C2=O. The summed E-state index contributed by atoms with van der Waals surface area (Å²) in [6.07, 6.45) is 1.50. The van der Waals surface area contributed by atoms with Crippen molar-refractivity contribution in [3.8, 4) is 11.5 Å². The third-order valence-electron chi connectivity index (χ3n) is 3.92. The second-order valence-corrected chi connectivity index (χ2v) is 5.76. The summed E-state index contributed by atoms with van der Waals surface area (Å²) in [6.45, 7) is 1.48. The molecule has 1 aliphatic heterocycles. The van der Waals surface area contributed by atoms with Gasteiger partial charge in [0, 0.05) is 24.8 Å². The molecule has 1 aliphatic rings. The molecule has 2 aromatic rings. The Labute approximate surface area is 154 Å². The van der Waals surface area contributed by atoms with E-state index < -0.39 is 10.9 Å². The highest BCUT2D eigenvalue weighted by atomic mass is 16.6. The second-order valence-electron chi connectivity index (χ2n) is 5.76. The number of hydrogen-bond donors (Lipinski definition) is 0. The Balaban J connectivity index is 1.87. The summed E-state index contributed by atoms with van der Waals surface area (Å²) in [5, 5.41) is 10.7. The highest BCUT2D eigenvalue weighted by Crippen LogP contribution is 2.39. The van der Waals surface area contributed by atoms with Crippen LogP contribution >= 0.6 is 0 Å². The van der Waals surface area contributed by atoms with Crippen molar-refractivity contribution in [3.63, 3.8) is 0 Å². The summed E-state index contributed by atoms with van der Waals surface area (Å²) in [7, 11) is 1.38. The number of methoxy groups -OCH3 is 1. The third-order valence-corrected chi connectivity index (χ3v) is 3.92. The number of Topliss-reactive ketones (excluding diaryl/α,β-unsaturated/α-hetero) is 1. The number of nitrogens with zero attached hydrogens (tertiary/aromatic N) is 1. The number of carbonyl (C=O) groups excluding carboxylic acids is 2.